The fourth-order valence-corrected chi connectivity index (χ4v) is 3.55. The van der Waals surface area contributed by atoms with Crippen molar-refractivity contribution in [3.63, 3.8) is 0 Å². The number of aromatic nitrogens is 2. The number of hydrogen-bond donors (Lipinski definition) is 0. The lowest BCUT2D eigenvalue weighted by molar-refractivity contribution is -0.133. The molecule has 0 spiro atoms. The van der Waals surface area contributed by atoms with Crippen LogP contribution in [0.2, 0.25) is 0 Å². The zero-order valence-corrected chi connectivity index (χ0v) is 16.5. The number of benzene rings is 1. The van der Waals surface area contributed by atoms with Crippen LogP contribution < -0.4 is 0 Å². The third-order valence-electron chi connectivity index (χ3n) is 5.18. The number of carbonyl (C=O) groups excluding carboxylic acids is 1. The zero-order chi connectivity index (χ0) is 19.1. The molecule has 0 radical (unpaired) electrons. The van der Waals surface area contributed by atoms with Gasteiger partial charge in [0.15, 0.2) is 0 Å². The lowest BCUT2D eigenvalue weighted by Crippen LogP contribution is -2.41. The second-order valence-corrected chi connectivity index (χ2v) is 7.65. The van der Waals surface area contributed by atoms with Gasteiger partial charge in [0.25, 0.3) is 0 Å². The Morgan fingerprint density at radius 3 is 2.44 bits per heavy atom. The first-order chi connectivity index (χ1) is 13.1. The molecule has 0 aliphatic carbocycles. The summed E-state index contributed by atoms with van der Waals surface area (Å²) in [4.78, 5) is 24.6. The molecule has 1 aromatic carbocycles. The lowest BCUT2D eigenvalue weighted by atomic mass is 10.0. The minimum Gasteiger partial charge on any atom is -0.342 e. The zero-order valence-electron chi connectivity index (χ0n) is 16.5. The van der Waals surface area contributed by atoms with Crippen molar-refractivity contribution in [1.29, 1.82) is 0 Å². The van der Waals surface area contributed by atoms with Crippen molar-refractivity contribution in [2.45, 2.75) is 52.1 Å². The molecule has 1 fully saturated rings. The minimum absolute atomic E-state index is 0.260. The van der Waals surface area contributed by atoms with E-state index in [2.05, 4.69) is 53.0 Å². The van der Waals surface area contributed by atoms with E-state index < -0.39 is 0 Å². The smallest absolute Gasteiger partial charge is 0.236 e. The third kappa shape index (κ3) is 5.60. The van der Waals surface area contributed by atoms with Crippen molar-refractivity contribution >= 4 is 5.91 Å². The molecule has 2 aliphatic rings. The molecule has 1 aromatic heterocycles. The molecular weight excluding hydrogens is 336 g/mol. The van der Waals surface area contributed by atoms with Crippen LogP contribution in [0.5, 0.6) is 0 Å². The molecule has 144 valence electrons. The Balaban J connectivity index is 0.000000197. The van der Waals surface area contributed by atoms with Gasteiger partial charge in [0.05, 0.1) is 12.2 Å². The fourth-order valence-electron chi connectivity index (χ4n) is 3.55. The molecule has 5 nitrogen and oxygen atoms in total. The summed E-state index contributed by atoms with van der Waals surface area (Å²) < 4.78 is 0. The predicted octanol–water partition coefficient (Wildman–Crippen LogP) is 3.61. The predicted molar refractivity (Wildman–Crippen MR) is 107 cm³/mol. The van der Waals surface area contributed by atoms with Gasteiger partial charge in [-0.2, -0.15) is 0 Å². The van der Waals surface area contributed by atoms with Crippen molar-refractivity contribution in [3.8, 4) is 0 Å². The Labute approximate surface area is 162 Å². The van der Waals surface area contributed by atoms with Crippen LogP contribution in [0.1, 0.15) is 55.8 Å². The molecular formula is C22H30N4O. The number of fused-ring (bicyclic) bond motifs is 1. The molecule has 0 unspecified atom stereocenters. The number of rotatable bonds is 3. The second-order valence-electron chi connectivity index (χ2n) is 7.65. The van der Waals surface area contributed by atoms with E-state index >= 15 is 0 Å². The first-order valence-corrected chi connectivity index (χ1v) is 9.96. The summed E-state index contributed by atoms with van der Waals surface area (Å²) >= 11 is 0. The largest absolute Gasteiger partial charge is 0.342 e. The maximum Gasteiger partial charge on any atom is 0.236 e. The molecule has 0 bridgehead atoms. The van der Waals surface area contributed by atoms with Gasteiger partial charge in [-0.3, -0.25) is 9.69 Å². The highest BCUT2D eigenvalue weighted by Crippen LogP contribution is 2.19. The summed E-state index contributed by atoms with van der Waals surface area (Å²) in [5, 5.41) is 0. The SMILES string of the molecule is CC(C)c1ccccc1.O=C(CN1Cc2cncnc2C1)N1CCCCC1. The van der Waals surface area contributed by atoms with Crippen LogP contribution >= 0.6 is 0 Å². The van der Waals surface area contributed by atoms with Crippen molar-refractivity contribution in [2.75, 3.05) is 19.6 Å². The molecule has 2 aromatic rings. The maximum absolute atomic E-state index is 12.2. The van der Waals surface area contributed by atoms with Gasteiger partial charge in [-0.05, 0) is 30.7 Å². The topological polar surface area (TPSA) is 49.3 Å². The molecule has 0 N–H and O–H groups in total. The number of hydrogen-bond acceptors (Lipinski definition) is 4. The van der Waals surface area contributed by atoms with Gasteiger partial charge in [0.2, 0.25) is 5.91 Å². The average molecular weight is 367 g/mol. The summed E-state index contributed by atoms with van der Waals surface area (Å²) in [6.45, 7) is 8.35. The van der Waals surface area contributed by atoms with E-state index in [-0.39, 0.29) is 5.91 Å². The van der Waals surface area contributed by atoms with Crippen LogP contribution in [0.25, 0.3) is 0 Å². The van der Waals surface area contributed by atoms with E-state index in [0.29, 0.717) is 12.5 Å². The van der Waals surface area contributed by atoms with Gasteiger partial charge in [-0.1, -0.05) is 44.2 Å². The highest BCUT2D eigenvalue weighted by molar-refractivity contribution is 5.78. The number of likely N-dealkylation sites (tertiary alicyclic amines) is 1. The molecule has 0 atom stereocenters. The number of carbonyl (C=O) groups is 1. The Morgan fingerprint density at radius 1 is 1.07 bits per heavy atom. The van der Waals surface area contributed by atoms with Crippen molar-refractivity contribution in [1.82, 2.24) is 19.8 Å². The quantitative estimate of drug-likeness (QED) is 0.833. The monoisotopic (exact) mass is 366 g/mol. The van der Waals surface area contributed by atoms with Gasteiger partial charge in [0, 0.05) is 37.9 Å². The summed E-state index contributed by atoms with van der Waals surface area (Å²) in [6, 6.07) is 10.5. The Kier molecular flexibility index (Phi) is 6.93. The van der Waals surface area contributed by atoms with Crippen LogP contribution in [0.3, 0.4) is 0 Å². The number of nitrogens with zero attached hydrogens (tertiary/aromatic N) is 4. The molecule has 0 saturated carbocycles. The normalized spacial score (nSPS) is 16.6. The molecule has 3 heterocycles. The van der Waals surface area contributed by atoms with Crippen LogP contribution in [0, 0.1) is 0 Å². The van der Waals surface area contributed by atoms with Crippen molar-refractivity contribution in [2.24, 2.45) is 0 Å². The van der Waals surface area contributed by atoms with Gasteiger partial charge in [0.1, 0.15) is 6.33 Å². The minimum atomic E-state index is 0.260. The Bertz CT molecular complexity index is 701. The maximum atomic E-state index is 12.2. The van der Waals surface area contributed by atoms with Gasteiger partial charge in [-0.25, -0.2) is 9.97 Å². The first kappa shape index (κ1) is 19.5. The van der Waals surface area contributed by atoms with Crippen molar-refractivity contribution < 1.29 is 4.79 Å². The lowest BCUT2D eigenvalue weighted by Gasteiger charge is -2.28. The average Bonchev–Trinajstić information content (AvgIpc) is 3.12. The summed E-state index contributed by atoms with van der Waals surface area (Å²) in [6.07, 6.45) is 6.99. The summed E-state index contributed by atoms with van der Waals surface area (Å²) in [5.74, 6) is 0.918. The molecule has 5 heteroatoms. The van der Waals surface area contributed by atoms with E-state index in [0.717, 1.165) is 50.3 Å². The number of piperidine rings is 1. The van der Waals surface area contributed by atoms with E-state index in [1.807, 2.05) is 17.2 Å². The fraction of sp³-hybridized carbons (Fsp3) is 0.500. The van der Waals surface area contributed by atoms with E-state index in [1.54, 1.807) is 6.33 Å². The molecule has 2 aliphatic heterocycles. The van der Waals surface area contributed by atoms with Crippen molar-refractivity contribution in [3.05, 3.63) is 59.7 Å². The van der Waals surface area contributed by atoms with E-state index in [1.165, 1.54) is 12.0 Å². The van der Waals surface area contributed by atoms with Gasteiger partial charge in [-0.15, -0.1) is 0 Å². The van der Waals surface area contributed by atoms with Gasteiger partial charge < -0.3 is 4.90 Å². The molecule has 1 saturated heterocycles. The summed E-state index contributed by atoms with van der Waals surface area (Å²) in [5.41, 5.74) is 3.64. The van der Waals surface area contributed by atoms with Crippen LogP contribution in [-0.2, 0) is 17.9 Å². The Hall–Kier alpha value is -2.27. The molecule has 27 heavy (non-hydrogen) atoms. The Morgan fingerprint density at radius 2 is 1.81 bits per heavy atom. The summed E-state index contributed by atoms with van der Waals surface area (Å²) in [7, 11) is 0. The van der Waals surface area contributed by atoms with Crippen LogP contribution in [0.4, 0.5) is 0 Å². The van der Waals surface area contributed by atoms with Crippen LogP contribution in [-0.4, -0.2) is 45.3 Å². The highest BCUT2D eigenvalue weighted by Gasteiger charge is 2.24. The van der Waals surface area contributed by atoms with Crippen LogP contribution in [0.15, 0.2) is 42.9 Å². The first-order valence-electron chi connectivity index (χ1n) is 9.96. The van der Waals surface area contributed by atoms with E-state index in [9.17, 15) is 4.79 Å². The highest BCUT2D eigenvalue weighted by atomic mass is 16.2. The van der Waals surface area contributed by atoms with Gasteiger partial charge >= 0.3 is 0 Å². The molecule has 4 rings (SSSR count). The standard InChI is InChI=1S/C13H18N4O.C9H12/c18-13(17-4-2-1-3-5-17)9-16-7-11-6-14-10-15-12(11)8-16;1-8(2)9-6-4-3-5-7-9/h6,10H,1-5,7-9H2;3-8H,1-2H3. The number of amides is 1. The molecule has 1 amide bonds. The second kappa shape index (κ2) is 9.60. The van der Waals surface area contributed by atoms with E-state index in [4.69, 9.17) is 0 Å². The third-order valence-corrected chi connectivity index (χ3v) is 5.18.